The zero-order chi connectivity index (χ0) is 22.7. The molecule has 1 heterocycles. The van der Waals surface area contributed by atoms with Crippen molar-refractivity contribution in [3.63, 3.8) is 0 Å². The summed E-state index contributed by atoms with van der Waals surface area (Å²) in [4.78, 5) is 4.39. The number of halogens is 2. The second-order valence-electron chi connectivity index (χ2n) is 7.32. The normalized spacial score (nSPS) is 10.8. The standard InChI is InChI=1S/C25H20ClFN4O/c1-29-12-15-2-5-19(6-3-15)31-25-18(11-28)13-30-24-7-4-16(8-20(24)25)17-9-22(26)21(14-32)23(27)10-17/h2-10,13,29,32H,12,14H2,1H3,(H,30,31). The van der Waals surface area contributed by atoms with Crippen LogP contribution in [-0.2, 0) is 13.2 Å². The predicted octanol–water partition coefficient (Wildman–Crippen LogP) is 5.52. The third-order valence-electron chi connectivity index (χ3n) is 5.23. The van der Waals surface area contributed by atoms with Crippen molar-refractivity contribution < 1.29 is 9.50 Å². The molecule has 0 fully saturated rings. The molecule has 5 nitrogen and oxygen atoms in total. The largest absolute Gasteiger partial charge is 0.392 e. The zero-order valence-electron chi connectivity index (χ0n) is 17.3. The van der Waals surface area contributed by atoms with E-state index < -0.39 is 12.4 Å². The Balaban J connectivity index is 1.81. The van der Waals surface area contributed by atoms with E-state index in [0.717, 1.165) is 23.2 Å². The lowest BCUT2D eigenvalue weighted by Gasteiger charge is -2.14. The molecule has 4 rings (SSSR count). The van der Waals surface area contributed by atoms with E-state index in [1.807, 2.05) is 49.5 Å². The molecule has 3 aromatic carbocycles. The fourth-order valence-corrected chi connectivity index (χ4v) is 3.83. The van der Waals surface area contributed by atoms with E-state index in [2.05, 4.69) is 21.7 Å². The highest BCUT2D eigenvalue weighted by Crippen LogP contribution is 2.34. The molecular formula is C25H20ClFN4O. The number of aromatic nitrogens is 1. The zero-order valence-corrected chi connectivity index (χ0v) is 18.0. The van der Waals surface area contributed by atoms with Crippen LogP contribution in [0, 0.1) is 17.1 Å². The van der Waals surface area contributed by atoms with Crippen LogP contribution in [0.2, 0.25) is 5.02 Å². The molecule has 0 atom stereocenters. The van der Waals surface area contributed by atoms with Crippen molar-refractivity contribution in [1.29, 1.82) is 5.26 Å². The van der Waals surface area contributed by atoms with Gasteiger partial charge in [0.2, 0.25) is 0 Å². The first-order valence-electron chi connectivity index (χ1n) is 9.96. The summed E-state index contributed by atoms with van der Waals surface area (Å²) in [5.41, 5.74) is 5.04. The summed E-state index contributed by atoms with van der Waals surface area (Å²) >= 11 is 6.15. The van der Waals surface area contributed by atoms with Crippen molar-refractivity contribution in [3.05, 3.63) is 88.3 Å². The highest BCUT2D eigenvalue weighted by molar-refractivity contribution is 6.31. The van der Waals surface area contributed by atoms with Gasteiger partial charge in [-0.15, -0.1) is 0 Å². The van der Waals surface area contributed by atoms with Gasteiger partial charge in [-0.25, -0.2) is 4.39 Å². The predicted molar refractivity (Wildman–Crippen MR) is 125 cm³/mol. The van der Waals surface area contributed by atoms with Gasteiger partial charge in [0.1, 0.15) is 11.9 Å². The molecular weight excluding hydrogens is 427 g/mol. The van der Waals surface area contributed by atoms with Gasteiger partial charge >= 0.3 is 0 Å². The maximum absolute atomic E-state index is 14.4. The van der Waals surface area contributed by atoms with Crippen LogP contribution in [0.5, 0.6) is 0 Å². The summed E-state index contributed by atoms with van der Waals surface area (Å²) in [5.74, 6) is -0.570. The maximum Gasteiger partial charge on any atom is 0.130 e. The summed E-state index contributed by atoms with van der Waals surface area (Å²) in [6, 6.07) is 18.6. The Hall–Kier alpha value is -3.50. The number of benzene rings is 3. The molecule has 32 heavy (non-hydrogen) atoms. The van der Waals surface area contributed by atoms with Crippen LogP contribution in [0.15, 0.2) is 60.8 Å². The molecule has 0 bridgehead atoms. The highest BCUT2D eigenvalue weighted by Gasteiger charge is 2.14. The Morgan fingerprint density at radius 1 is 1.09 bits per heavy atom. The third-order valence-corrected chi connectivity index (χ3v) is 5.56. The Kier molecular flexibility index (Phi) is 6.33. The first-order valence-corrected chi connectivity index (χ1v) is 10.3. The van der Waals surface area contributed by atoms with Gasteiger partial charge in [0.05, 0.1) is 23.4 Å². The van der Waals surface area contributed by atoms with Crippen LogP contribution in [0.4, 0.5) is 15.8 Å². The van der Waals surface area contributed by atoms with Crippen molar-refractivity contribution in [1.82, 2.24) is 10.3 Å². The number of nitrogens with zero attached hydrogens (tertiary/aromatic N) is 2. The molecule has 4 aromatic rings. The number of aliphatic hydroxyl groups excluding tert-OH is 1. The lowest BCUT2D eigenvalue weighted by Crippen LogP contribution is -2.04. The number of rotatable bonds is 6. The highest BCUT2D eigenvalue weighted by atomic mass is 35.5. The van der Waals surface area contributed by atoms with Gasteiger partial charge in [-0.05, 0) is 60.1 Å². The number of hydrogen-bond donors (Lipinski definition) is 3. The van der Waals surface area contributed by atoms with E-state index in [1.165, 1.54) is 12.3 Å². The molecule has 0 unspecified atom stereocenters. The summed E-state index contributed by atoms with van der Waals surface area (Å²) in [6.07, 6.45) is 1.53. The summed E-state index contributed by atoms with van der Waals surface area (Å²) in [7, 11) is 1.89. The average Bonchev–Trinajstić information content (AvgIpc) is 2.80. The minimum atomic E-state index is -0.570. The smallest absolute Gasteiger partial charge is 0.130 e. The number of hydrogen-bond acceptors (Lipinski definition) is 5. The molecule has 0 saturated heterocycles. The van der Waals surface area contributed by atoms with Crippen molar-refractivity contribution in [2.45, 2.75) is 13.2 Å². The quantitative estimate of drug-likeness (QED) is 0.363. The molecule has 0 spiro atoms. The topological polar surface area (TPSA) is 81.0 Å². The van der Waals surface area contributed by atoms with Gasteiger partial charge in [0.15, 0.2) is 0 Å². The first-order chi connectivity index (χ1) is 15.5. The SMILES string of the molecule is CNCc1ccc(Nc2c(C#N)cnc3ccc(-c4cc(F)c(CO)c(Cl)c4)cc23)cc1. The molecule has 0 saturated carbocycles. The van der Waals surface area contributed by atoms with E-state index in [0.29, 0.717) is 27.9 Å². The minimum absolute atomic E-state index is 0.0636. The summed E-state index contributed by atoms with van der Waals surface area (Å²) in [5, 5.41) is 26.3. The average molecular weight is 447 g/mol. The van der Waals surface area contributed by atoms with Gasteiger partial charge in [0.25, 0.3) is 0 Å². The molecule has 0 amide bonds. The Morgan fingerprint density at radius 2 is 1.88 bits per heavy atom. The van der Waals surface area contributed by atoms with Gasteiger partial charge < -0.3 is 15.7 Å². The van der Waals surface area contributed by atoms with Crippen molar-refractivity contribution in [2.24, 2.45) is 0 Å². The fourth-order valence-electron chi connectivity index (χ4n) is 3.57. The molecule has 0 aliphatic rings. The van der Waals surface area contributed by atoms with Crippen LogP contribution < -0.4 is 10.6 Å². The van der Waals surface area contributed by atoms with E-state index >= 15 is 0 Å². The van der Waals surface area contributed by atoms with Crippen LogP contribution in [0.3, 0.4) is 0 Å². The monoisotopic (exact) mass is 446 g/mol. The fraction of sp³-hybridized carbons (Fsp3) is 0.120. The number of nitrogens with one attached hydrogen (secondary N) is 2. The number of anilines is 2. The van der Waals surface area contributed by atoms with E-state index in [4.69, 9.17) is 11.6 Å². The second-order valence-corrected chi connectivity index (χ2v) is 7.73. The number of fused-ring (bicyclic) bond motifs is 1. The van der Waals surface area contributed by atoms with Crippen LogP contribution in [-0.4, -0.2) is 17.1 Å². The van der Waals surface area contributed by atoms with Gasteiger partial charge in [0, 0.05) is 34.4 Å². The lowest BCUT2D eigenvalue weighted by atomic mass is 10.00. The van der Waals surface area contributed by atoms with Crippen molar-refractivity contribution >= 4 is 33.9 Å². The molecule has 1 aromatic heterocycles. The number of nitriles is 1. The summed E-state index contributed by atoms with van der Waals surface area (Å²) < 4.78 is 14.4. The Labute approximate surface area is 190 Å². The van der Waals surface area contributed by atoms with Crippen molar-refractivity contribution in [3.8, 4) is 17.2 Å². The van der Waals surface area contributed by atoms with E-state index in [1.54, 1.807) is 6.07 Å². The summed E-state index contributed by atoms with van der Waals surface area (Å²) in [6.45, 7) is 0.290. The minimum Gasteiger partial charge on any atom is -0.392 e. The molecule has 7 heteroatoms. The molecule has 0 aliphatic carbocycles. The Morgan fingerprint density at radius 3 is 2.53 bits per heavy atom. The number of pyridine rings is 1. The maximum atomic E-state index is 14.4. The van der Waals surface area contributed by atoms with Crippen LogP contribution >= 0.6 is 11.6 Å². The van der Waals surface area contributed by atoms with Gasteiger partial charge in [-0.1, -0.05) is 29.8 Å². The molecule has 0 aliphatic heterocycles. The van der Waals surface area contributed by atoms with E-state index in [-0.39, 0.29) is 10.6 Å². The van der Waals surface area contributed by atoms with Crippen LogP contribution in [0.25, 0.3) is 22.0 Å². The molecule has 3 N–H and O–H groups in total. The Bertz CT molecular complexity index is 1310. The van der Waals surface area contributed by atoms with Crippen molar-refractivity contribution in [2.75, 3.05) is 12.4 Å². The lowest BCUT2D eigenvalue weighted by molar-refractivity contribution is 0.276. The van der Waals surface area contributed by atoms with E-state index in [9.17, 15) is 14.8 Å². The third kappa shape index (κ3) is 4.27. The first kappa shape index (κ1) is 21.7. The van der Waals surface area contributed by atoms with Gasteiger partial charge in [-0.3, -0.25) is 4.98 Å². The molecule has 0 radical (unpaired) electrons. The van der Waals surface area contributed by atoms with Gasteiger partial charge in [-0.2, -0.15) is 5.26 Å². The number of aliphatic hydroxyl groups is 1. The van der Waals surface area contributed by atoms with Crippen LogP contribution in [0.1, 0.15) is 16.7 Å². The molecule has 160 valence electrons. The second kappa shape index (κ2) is 9.33.